The maximum absolute atomic E-state index is 12.3. The van der Waals surface area contributed by atoms with Crippen molar-refractivity contribution in [2.24, 2.45) is 11.7 Å². The van der Waals surface area contributed by atoms with E-state index < -0.39 is 0 Å². The molecule has 0 saturated heterocycles. The molecule has 3 nitrogen and oxygen atoms in total. The van der Waals surface area contributed by atoms with Crippen LogP contribution in [-0.2, 0) is 4.79 Å². The van der Waals surface area contributed by atoms with E-state index in [2.05, 4.69) is 53.8 Å². The molecule has 1 saturated carbocycles. The second-order valence-corrected chi connectivity index (χ2v) is 6.72. The van der Waals surface area contributed by atoms with Gasteiger partial charge in [0.15, 0.2) is 0 Å². The Kier molecular flexibility index (Phi) is 7.48. The van der Waals surface area contributed by atoms with Crippen molar-refractivity contribution in [3.63, 3.8) is 0 Å². The molecule has 0 radical (unpaired) electrons. The Balaban J connectivity index is 0.00000225. The van der Waals surface area contributed by atoms with Crippen molar-refractivity contribution >= 4 is 18.3 Å². The van der Waals surface area contributed by atoms with Gasteiger partial charge >= 0.3 is 0 Å². The van der Waals surface area contributed by atoms with Crippen molar-refractivity contribution in [1.82, 2.24) is 5.32 Å². The summed E-state index contributed by atoms with van der Waals surface area (Å²) in [6.07, 6.45) is 3.62. The Hall–Kier alpha value is -1.84. The Bertz CT molecular complexity index is 608. The van der Waals surface area contributed by atoms with Gasteiger partial charge in [-0.3, -0.25) is 4.79 Å². The van der Waals surface area contributed by atoms with E-state index >= 15 is 0 Å². The van der Waals surface area contributed by atoms with Crippen LogP contribution in [0.25, 0.3) is 0 Å². The van der Waals surface area contributed by atoms with E-state index in [4.69, 9.17) is 5.73 Å². The molecule has 134 valence electrons. The van der Waals surface area contributed by atoms with E-state index in [0.717, 1.165) is 25.7 Å². The second kappa shape index (κ2) is 9.59. The molecule has 1 fully saturated rings. The summed E-state index contributed by atoms with van der Waals surface area (Å²) in [6.45, 7) is 0.693. The van der Waals surface area contributed by atoms with Gasteiger partial charge in [0.1, 0.15) is 0 Å². The molecule has 0 spiro atoms. The summed E-state index contributed by atoms with van der Waals surface area (Å²) in [7, 11) is 0. The minimum atomic E-state index is 0. The highest BCUT2D eigenvalue weighted by Gasteiger charge is 2.27. The van der Waals surface area contributed by atoms with Gasteiger partial charge in [0.2, 0.25) is 5.91 Å². The van der Waals surface area contributed by atoms with Crippen LogP contribution in [0.5, 0.6) is 0 Å². The number of nitrogens with two attached hydrogens (primary N) is 1. The zero-order valence-corrected chi connectivity index (χ0v) is 15.3. The van der Waals surface area contributed by atoms with Crippen molar-refractivity contribution in [3.8, 4) is 0 Å². The van der Waals surface area contributed by atoms with Crippen LogP contribution in [-0.4, -0.2) is 18.5 Å². The van der Waals surface area contributed by atoms with Crippen molar-refractivity contribution in [1.29, 1.82) is 0 Å². The van der Waals surface area contributed by atoms with Gasteiger partial charge in [-0.2, -0.15) is 0 Å². The lowest BCUT2D eigenvalue weighted by molar-refractivity contribution is -0.124. The summed E-state index contributed by atoms with van der Waals surface area (Å²) in [4.78, 5) is 12.3. The van der Waals surface area contributed by atoms with Crippen molar-refractivity contribution in [2.45, 2.75) is 37.6 Å². The van der Waals surface area contributed by atoms with E-state index in [1.54, 1.807) is 0 Å². The van der Waals surface area contributed by atoms with Gasteiger partial charge in [0, 0.05) is 24.4 Å². The molecule has 0 aliphatic heterocycles. The maximum atomic E-state index is 12.3. The predicted molar refractivity (Wildman–Crippen MR) is 105 cm³/mol. The average molecular weight is 359 g/mol. The molecule has 3 rings (SSSR count). The lowest BCUT2D eigenvalue weighted by atomic mass is 9.88. The molecule has 3 N–H and O–H groups in total. The molecule has 2 atom stereocenters. The highest BCUT2D eigenvalue weighted by molar-refractivity contribution is 5.85. The number of rotatable bonds is 6. The van der Waals surface area contributed by atoms with Gasteiger partial charge < -0.3 is 11.1 Å². The van der Waals surface area contributed by atoms with Crippen molar-refractivity contribution in [3.05, 3.63) is 71.8 Å². The molecular weight excluding hydrogens is 332 g/mol. The molecule has 1 aliphatic carbocycles. The fourth-order valence-electron chi connectivity index (χ4n) is 3.64. The fraction of sp³-hybridized carbons (Fsp3) is 0.381. The van der Waals surface area contributed by atoms with Crippen molar-refractivity contribution < 1.29 is 4.79 Å². The summed E-state index contributed by atoms with van der Waals surface area (Å²) in [5, 5.41) is 3.12. The molecule has 0 bridgehead atoms. The zero-order chi connectivity index (χ0) is 16.8. The van der Waals surface area contributed by atoms with Crippen molar-refractivity contribution in [2.75, 3.05) is 6.54 Å². The quantitative estimate of drug-likeness (QED) is 0.823. The maximum Gasteiger partial charge on any atom is 0.223 e. The molecule has 25 heavy (non-hydrogen) atoms. The van der Waals surface area contributed by atoms with E-state index in [0.29, 0.717) is 12.5 Å². The Labute approximate surface area is 156 Å². The average Bonchev–Trinajstić information content (AvgIpc) is 3.07. The number of amides is 1. The van der Waals surface area contributed by atoms with Gasteiger partial charge in [-0.25, -0.2) is 0 Å². The van der Waals surface area contributed by atoms with Gasteiger partial charge in [-0.1, -0.05) is 60.7 Å². The minimum Gasteiger partial charge on any atom is -0.356 e. The topological polar surface area (TPSA) is 55.1 Å². The van der Waals surface area contributed by atoms with Gasteiger partial charge in [0.05, 0.1) is 0 Å². The van der Waals surface area contributed by atoms with Crippen LogP contribution in [0.3, 0.4) is 0 Å². The summed E-state index contributed by atoms with van der Waals surface area (Å²) in [5.74, 6) is 0.577. The SMILES string of the molecule is Cl.NC1CCC(C(=O)NCCC(c2ccccc2)c2ccccc2)C1. The third-order valence-electron chi connectivity index (χ3n) is 4.98. The fourth-order valence-corrected chi connectivity index (χ4v) is 3.64. The first-order valence-corrected chi connectivity index (χ1v) is 8.87. The first-order valence-electron chi connectivity index (χ1n) is 8.87. The van der Waals surface area contributed by atoms with Gasteiger partial charge in [-0.15, -0.1) is 12.4 Å². The molecule has 4 heteroatoms. The summed E-state index contributed by atoms with van der Waals surface area (Å²) < 4.78 is 0. The number of hydrogen-bond acceptors (Lipinski definition) is 2. The highest BCUT2D eigenvalue weighted by Crippen LogP contribution is 2.28. The molecule has 2 unspecified atom stereocenters. The number of carbonyl (C=O) groups is 1. The highest BCUT2D eigenvalue weighted by atomic mass is 35.5. The van der Waals surface area contributed by atoms with E-state index in [1.807, 2.05) is 12.1 Å². The first kappa shape index (κ1) is 19.5. The molecule has 0 heterocycles. The number of hydrogen-bond donors (Lipinski definition) is 2. The molecular formula is C21H27ClN2O. The Morgan fingerprint density at radius 3 is 2.04 bits per heavy atom. The molecule has 1 amide bonds. The van der Waals surface area contributed by atoms with Crippen LogP contribution in [0, 0.1) is 5.92 Å². The minimum absolute atomic E-state index is 0. The Morgan fingerprint density at radius 1 is 1.00 bits per heavy atom. The van der Waals surface area contributed by atoms with Crippen LogP contribution in [0.4, 0.5) is 0 Å². The Morgan fingerprint density at radius 2 is 1.56 bits per heavy atom. The first-order chi connectivity index (χ1) is 11.7. The smallest absolute Gasteiger partial charge is 0.223 e. The predicted octanol–water partition coefficient (Wildman–Crippen LogP) is 3.87. The van der Waals surface area contributed by atoms with Crippen LogP contribution >= 0.6 is 12.4 Å². The van der Waals surface area contributed by atoms with Gasteiger partial charge in [-0.05, 0) is 36.8 Å². The number of halogens is 1. The zero-order valence-electron chi connectivity index (χ0n) is 14.4. The number of nitrogens with one attached hydrogen (secondary N) is 1. The third kappa shape index (κ3) is 5.32. The number of carbonyl (C=O) groups excluding carboxylic acids is 1. The standard InChI is InChI=1S/C21H26N2O.ClH/c22-19-12-11-18(15-19)21(24)23-14-13-20(16-7-3-1-4-8-16)17-9-5-2-6-10-17;/h1-10,18-20H,11-15,22H2,(H,23,24);1H. The summed E-state index contributed by atoms with van der Waals surface area (Å²) in [6, 6.07) is 21.2. The lowest BCUT2D eigenvalue weighted by Gasteiger charge is -2.19. The molecule has 1 aliphatic rings. The van der Waals surface area contributed by atoms with Crippen LogP contribution in [0.2, 0.25) is 0 Å². The van der Waals surface area contributed by atoms with E-state index in [1.165, 1.54) is 11.1 Å². The lowest BCUT2D eigenvalue weighted by Crippen LogP contribution is -2.31. The molecule has 0 aromatic heterocycles. The summed E-state index contributed by atoms with van der Waals surface area (Å²) >= 11 is 0. The molecule has 2 aromatic rings. The largest absolute Gasteiger partial charge is 0.356 e. The van der Waals surface area contributed by atoms with E-state index in [-0.39, 0.29) is 30.3 Å². The molecule has 2 aromatic carbocycles. The number of benzene rings is 2. The van der Waals surface area contributed by atoms with Crippen LogP contribution in [0.15, 0.2) is 60.7 Å². The third-order valence-corrected chi connectivity index (χ3v) is 4.98. The summed E-state index contributed by atoms with van der Waals surface area (Å²) in [5.41, 5.74) is 8.50. The van der Waals surface area contributed by atoms with Crippen LogP contribution < -0.4 is 11.1 Å². The van der Waals surface area contributed by atoms with E-state index in [9.17, 15) is 4.79 Å². The van der Waals surface area contributed by atoms with Gasteiger partial charge in [0.25, 0.3) is 0 Å². The monoisotopic (exact) mass is 358 g/mol. The normalized spacial score (nSPS) is 19.4. The van der Waals surface area contributed by atoms with Crippen LogP contribution in [0.1, 0.15) is 42.7 Å². The second-order valence-electron chi connectivity index (χ2n) is 6.72.